The molecule has 0 saturated carbocycles. The van der Waals surface area contributed by atoms with Crippen molar-refractivity contribution in [2.24, 2.45) is 0 Å². The fraction of sp³-hybridized carbons (Fsp3) is 0.583. The fourth-order valence-electron chi connectivity index (χ4n) is 1.44. The molecule has 19 heavy (non-hydrogen) atoms. The SMILES string of the molecule is CC[C@H](CO)NC(=O)c1ccc(=O)n(CCOC)n1. The maximum absolute atomic E-state index is 11.9. The van der Waals surface area contributed by atoms with Crippen molar-refractivity contribution in [3.8, 4) is 0 Å². The second-order valence-electron chi connectivity index (χ2n) is 4.03. The van der Waals surface area contributed by atoms with Gasteiger partial charge in [-0.25, -0.2) is 4.68 Å². The molecule has 1 rings (SSSR count). The number of rotatable bonds is 7. The molecule has 7 heteroatoms. The zero-order chi connectivity index (χ0) is 14.3. The Bertz CT molecular complexity index is 468. The summed E-state index contributed by atoms with van der Waals surface area (Å²) in [5.41, 5.74) is -0.148. The van der Waals surface area contributed by atoms with Crippen LogP contribution in [0.15, 0.2) is 16.9 Å². The van der Waals surface area contributed by atoms with E-state index in [0.717, 1.165) is 0 Å². The van der Waals surface area contributed by atoms with Crippen LogP contribution in [0.25, 0.3) is 0 Å². The number of hydrogen-bond donors (Lipinski definition) is 2. The van der Waals surface area contributed by atoms with Crippen LogP contribution in [-0.2, 0) is 11.3 Å². The number of aliphatic hydroxyl groups excluding tert-OH is 1. The molecule has 1 atom stereocenters. The quantitative estimate of drug-likeness (QED) is 0.689. The highest BCUT2D eigenvalue weighted by Gasteiger charge is 2.13. The van der Waals surface area contributed by atoms with Crippen molar-refractivity contribution in [1.29, 1.82) is 0 Å². The number of carbonyl (C=O) groups is 1. The Labute approximate surface area is 111 Å². The van der Waals surface area contributed by atoms with Gasteiger partial charge in [0.1, 0.15) is 5.69 Å². The number of nitrogens with one attached hydrogen (secondary N) is 1. The summed E-state index contributed by atoms with van der Waals surface area (Å²) in [6.45, 7) is 2.35. The van der Waals surface area contributed by atoms with Gasteiger partial charge in [-0.15, -0.1) is 0 Å². The Hall–Kier alpha value is -1.73. The zero-order valence-corrected chi connectivity index (χ0v) is 11.1. The first-order valence-electron chi connectivity index (χ1n) is 6.11. The second-order valence-corrected chi connectivity index (χ2v) is 4.03. The third-order valence-corrected chi connectivity index (χ3v) is 2.65. The van der Waals surface area contributed by atoms with Crippen LogP contribution in [0.5, 0.6) is 0 Å². The van der Waals surface area contributed by atoms with Gasteiger partial charge in [0.15, 0.2) is 0 Å². The highest BCUT2D eigenvalue weighted by Crippen LogP contribution is 1.95. The van der Waals surface area contributed by atoms with Gasteiger partial charge in [0.05, 0.1) is 25.8 Å². The summed E-state index contributed by atoms with van der Waals surface area (Å²) in [5.74, 6) is -0.410. The highest BCUT2D eigenvalue weighted by molar-refractivity contribution is 5.92. The molecule has 1 aromatic heterocycles. The number of aromatic nitrogens is 2. The molecule has 1 amide bonds. The summed E-state index contributed by atoms with van der Waals surface area (Å²) in [4.78, 5) is 23.4. The van der Waals surface area contributed by atoms with E-state index in [1.165, 1.54) is 23.9 Å². The number of nitrogens with zero attached hydrogens (tertiary/aromatic N) is 2. The third kappa shape index (κ3) is 4.46. The van der Waals surface area contributed by atoms with E-state index in [1.54, 1.807) is 0 Å². The van der Waals surface area contributed by atoms with Crippen molar-refractivity contribution in [3.05, 3.63) is 28.2 Å². The number of methoxy groups -OCH3 is 1. The monoisotopic (exact) mass is 269 g/mol. The van der Waals surface area contributed by atoms with Crippen molar-refractivity contribution < 1.29 is 14.6 Å². The van der Waals surface area contributed by atoms with Crippen LogP contribution in [-0.4, -0.2) is 47.2 Å². The van der Waals surface area contributed by atoms with E-state index in [2.05, 4.69) is 10.4 Å². The van der Waals surface area contributed by atoms with Gasteiger partial charge in [0, 0.05) is 13.2 Å². The van der Waals surface area contributed by atoms with Gasteiger partial charge < -0.3 is 15.2 Å². The van der Waals surface area contributed by atoms with Gasteiger partial charge >= 0.3 is 0 Å². The maximum atomic E-state index is 11.9. The van der Waals surface area contributed by atoms with Gasteiger partial charge in [-0.05, 0) is 12.5 Å². The molecular formula is C12H19N3O4. The molecule has 0 fully saturated rings. The first-order chi connectivity index (χ1) is 9.12. The average molecular weight is 269 g/mol. The molecule has 0 bridgehead atoms. The van der Waals surface area contributed by atoms with Crippen LogP contribution in [0.3, 0.4) is 0 Å². The van der Waals surface area contributed by atoms with Gasteiger partial charge in [0.2, 0.25) is 0 Å². The van der Waals surface area contributed by atoms with Gasteiger partial charge in [-0.2, -0.15) is 5.10 Å². The summed E-state index contributed by atoms with van der Waals surface area (Å²) in [6.07, 6.45) is 0.617. The van der Waals surface area contributed by atoms with E-state index in [1.807, 2.05) is 6.92 Å². The summed E-state index contributed by atoms with van der Waals surface area (Å²) in [5, 5.41) is 15.6. The smallest absolute Gasteiger partial charge is 0.272 e. The predicted molar refractivity (Wildman–Crippen MR) is 69.0 cm³/mol. The highest BCUT2D eigenvalue weighted by atomic mass is 16.5. The lowest BCUT2D eigenvalue weighted by atomic mass is 10.2. The van der Waals surface area contributed by atoms with Gasteiger partial charge in [0.25, 0.3) is 11.5 Å². The lowest BCUT2D eigenvalue weighted by Gasteiger charge is -2.13. The molecule has 7 nitrogen and oxygen atoms in total. The van der Waals surface area contributed by atoms with Crippen molar-refractivity contribution in [2.75, 3.05) is 20.3 Å². The Morgan fingerprint density at radius 1 is 1.58 bits per heavy atom. The molecule has 0 unspecified atom stereocenters. The second kappa shape index (κ2) is 7.65. The Balaban J connectivity index is 2.83. The number of ether oxygens (including phenoxy) is 1. The normalized spacial score (nSPS) is 12.2. The minimum absolute atomic E-state index is 0.133. The molecule has 0 radical (unpaired) electrons. The largest absolute Gasteiger partial charge is 0.394 e. The van der Waals surface area contributed by atoms with Crippen molar-refractivity contribution in [3.63, 3.8) is 0 Å². The summed E-state index contributed by atoms with van der Waals surface area (Å²) >= 11 is 0. The molecule has 0 aromatic carbocycles. The molecule has 0 saturated heterocycles. The van der Waals surface area contributed by atoms with E-state index in [4.69, 9.17) is 9.84 Å². The topological polar surface area (TPSA) is 93.5 Å². The minimum atomic E-state index is -0.410. The first kappa shape index (κ1) is 15.3. The first-order valence-corrected chi connectivity index (χ1v) is 6.11. The Morgan fingerprint density at radius 2 is 2.32 bits per heavy atom. The van der Waals surface area contributed by atoms with Crippen LogP contribution in [0.4, 0.5) is 0 Å². The molecule has 1 aromatic rings. The van der Waals surface area contributed by atoms with E-state index in [0.29, 0.717) is 13.0 Å². The van der Waals surface area contributed by atoms with Crippen molar-refractivity contribution >= 4 is 5.91 Å². The lowest BCUT2D eigenvalue weighted by Crippen LogP contribution is -2.38. The van der Waals surface area contributed by atoms with E-state index in [9.17, 15) is 9.59 Å². The Morgan fingerprint density at radius 3 is 2.89 bits per heavy atom. The van der Waals surface area contributed by atoms with Crippen molar-refractivity contribution in [2.45, 2.75) is 25.9 Å². The van der Waals surface area contributed by atoms with Crippen LogP contribution in [0.2, 0.25) is 0 Å². The fourth-order valence-corrected chi connectivity index (χ4v) is 1.44. The van der Waals surface area contributed by atoms with E-state index in [-0.39, 0.29) is 30.4 Å². The van der Waals surface area contributed by atoms with Crippen LogP contribution < -0.4 is 10.9 Å². The van der Waals surface area contributed by atoms with Gasteiger partial charge in [-0.3, -0.25) is 9.59 Å². The number of aliphatic hydroxyl groups is 1. The van der Waals surface area contributed by atoms with Crippen molar-refractivity contribution in [1.82, 2.24) is 15.1 Å². The lowest BCUT2D eigenvalue weighted by molar-refractivity contribution is 0.0906. The number of amides is 1. The Kier molecular flexibility index (Phi) is 6.17. The number of hydrogen-bond acceptors (Lipinski definition) is 5. The molecule has 0 aliphatic carbocycles. The molecule has 1 heterocycles. The molecule has 106 valence electrons. The third-order valence-electron chi connectivity index (χ3n) is 2.65. The van der Waals surface area contributed by atoms with Crippen LogP contribution >= 0.6 is 0 Å². The summed E-state index contributed by atoms with van der Waals surface area (Å²) in [7, 11) is 1.52. The van der Waals surface area contributed by atoms with Crippen LogP contribution in [0.1, 0.15) is 23.8 Å². The van der Waals surface area contributed by atoms with Crippen LogP contribution in [0, 0.1) is 0 Å². The minimum Gasteiger partial charge on any atom is -0.394 e. The summed E-state index contributed by atoms with van der Waals surface area (Å²) < 4.78 is 6.05. The van der Waals surface area contributed by atoms with E-state index >= 15 is 0 Å². The molecular weight excluding hydrogens is 250 g/mol. The zero-order valence-electron chi connectivity index (χ0n) is 11.1. The number of carbonyl (C=O) groups excluding carboxylic acids is 1. The van der Waals surface area contributed by atoms with Gasteiger partial charge in [-0.1, -0.05) is 6.92 Å². The molecule has 0 spiro atoms. The molecule has 0 aliphatic rings. The molecule has 2 N–H and O–H groups in total. The molecule has 0 aliphatic heterocycles. The van der Waals surface area contributed by atoms with E-state index < -0.39 is 5.91 Å². The standard InChI is InChI=1S/C12H19N3O4/c1-3-9(8-16)13-12(18)10-4-5-11(17)15(14-10)6-7-19-2/h4-5,9,16H,3,6-8H2,1-2H3,(H,13,18)/t9-/m1/s1. The summed E-state index contributed by atoms with van der Waals surface area (Å²) in [6, 6.07) is 2.34. The average Bonchev–Trinajstić information content (AvgIpc) is 2.43. The maximum Gasteiger partial charge on any atom is 0.272 e. The predicted octanol–water partition coefficient (Wildman–Crippen LogP) is -0.610.